The molecule has 0 unspecified atom stereocenters. The lowest BCUT2D eigenvalue weighted by molar-refractivity contribution is 0.475. The van der Waals surface area contributed by atoms with E-state index >= 15 is 0 Å². The normalized spacial score (nSPS) is 11.2. The number of nitrogens with two attached hydrogens (primary N) is 1. The molecule has 3 aromatic rings. The van der Waals surface area contributed by atoms with E-state index in [9.17, 15) is 9.50 Å². The Morgan fingerprint density at radius 1 is 1.30 bits per heavy atom. The van der Waals surface area contributed by atoms with Gasteiger partial charge in [0.1, 0.15) is 11.3 Å². The van der Waals surface area contributed by atoms with Crippen LogP contribution in [0.5, 0.6) is 5.75 Å². The Balaban J connectivity index is 2.27. The number of rotatable bonds is 1. The van der Waals surface area contributed by atoms with Crippen molar-refractivity contribution in [3.8, 4) is 16.9 Å². The number of benzene rings is 2. The maximum atomic E-state index is 14.1. The van der Waals surface area contributed by atoms with E-state index in [2.05, 4.69) is 4.98 Å². The number of halogens is 2. The second kappa shape index (κ2) is 4.61. The Bertz CT molecular complexity index is 832. The molecule has 20 heavy (non-hydrogen) atoms. The van der Waals surface area contributed by atoms with Crippen molar-refractivity contribution in [2.45, 2.75) is 6.92 Å². The van der Waals surface area contributed by atoms with Crippen LogP contribution in [0.25, 0.3) is 21.3 Å². The van der Waals surface area contributed by atoms with Gasteiger partial charge in [-0.1, -0.05) is 22.9 Å². The van der Waals surface area contributed by atoms with Gasteiger partial charge < -0.3 is 10.8 Å². The molecule has 6 heteroatoms. The molecular weight excluding hydrogens is 299 g/mol. The van der Waals surface area contributed by atoms with Crippen molar-refractivity contribution in [1.29, 1.82) is 0 Å². The van der Waals surface area contributed by atoms with E-state index in [4.69, 9.17) is 17.3 Å². The maximum absolute atomic E-state index is 14.1. The number of fused-ring (bicyclic) bond motifs is 1. The number of phenols is 1. The van der Waals surface area contributed by atoms with Gasteiger partial charge in [-0.2, -0.15) is 0 Å². The van der Waals surface area contributed by atoms with Crippen LogP contribution in [0.4, 0.5) is 9.52 Å². The molecule has 3 nitrogen and oxygen atoms in total. The van der Waals surface area contributed by atoms with E-state index in [-0.39, 0.29) is 16.3 Å². The van der Waals surface area contributed by atoms with Gasteiger partial charge >= 0.3 is 0 Å². The molecule has 0 saturated heterocycles. The zero-order chi connectivity index (χ0) is 14.4. The molecule has 0 bridgehead atoms. The smallest absolute Gasteiger partial charge is 0.181 e. The molecule has 2 aromatic carbocycles. The molecule has 1 heterocycles. The van der Waals surface area contributed by atoms with Gasteiger partial charge in [-0.15, -0.1) is 0 Å². The second-order valence-corrected chi connectivity index (χ2v) is 5.94. The van der Waals surface area contributed by atoms with Gasteiger partial charge in [0.2, 0.25) is 0 Å². The van der Waals surface area contributed by atoms with E-state index in [1.165, 1.54) is 17.4 Å². The molecule has 0 atom stereocenters. The van der Waals surface area contributed by atoms with E-state index in [1.807, 2.05) is 13.0 Å². The number of aryl methyl sites for hydroxylation is 1. The highest BCUT2D eigenvalue weighted by atomic mass is 35.5. The number of aromatic hydroxyl groups is 1. The van der Waals surface area contributed by atoms with Crippen molar-refractivity contribution in [2.24, 2.45) is 0 Å². The van der Waals surface area contributed by atoms with Crippen LogP contribution in [0.15, 0.2) is 24.3 Å². The van der Waals surface area contributed by atoms with Crippen LogP contribution in [0, 0.1) is 12.7 Å². The molecule has 0 aliphatic carbocycles. The lowest BCUT2D eigenvalue weighted by atomic mass is 10.00. The summed E-state index contributed by atoms with van der Waals surface area (Å²) in [6.45, 7) is 1.83. The van der Waals surface area contributed by atoms with E-state index in [0.29, 0.717) is 15.4 Å². The Labute approximate surface area is 123 Å². The maximum Gasteiger partial charge on any atom is 0.181 e. The molecule has 0 aliphatic heterocycles. The van der Waals surface area contributed by atoms with Crippen LogP contribution in [0.1, 0.15) is 5.56 Å². The third kappa shape index (κ3) is 2.09. The molecule has 0 fully saturated rings. The van der Waals surface area contributed by atoms with Gasteiger partial charge in [-0.3, -0.25) is 0 Å². The Morgan fingerprint density at radius 2 is 2.05 bits per heavy atom. The highest BCUT2D eigenvalue weighted by molar-refractivity contribution is 7.22. The standard InChI is InChI=1S/C14H10ClFN2OS/c1-6-2-11(19)9(15)5-8(6)7-3-10(16)13-12(4-7)20-14(17)18-13/h2-5,19H,1H3,(H2,17,18). The SMILES string of the molecule is Cc1cc(O)c(Cl)cc1-c1cc(F)c2nc(N)sc2c1. The summed E-state index contributed by atoms with van der Waals surface area (Å²) in [7, 11) is 0. The van der Waals surface area contributed by atoms with Crippen LogP contribution in [0.3, 0.4) is 0 Å². The van der Waals surface area contributed by atoms with Gasteiger partial charge in [0.05, 0.1) is 9.72 Å². The Hall–Kier alpha value is -1.85. The van der Waals surface area contributed by atoms with Gasteiger partial charge in [0, 0.05) is 0 Å². The number of phenolic OH excluding ortho intramolecular Hbond substituents is 1. The average Bonchev–Trinajstić information content (AvgIpc) is 2.75. The highest BCUT2D eigenvalue weighted by Gasteiger charge is 2.13. The Morgan fingerprint density at radius 3 is 2.80 bits per heavy atom. The molecule has 1 aromatic heterocycles. The molecule has 0 spiro atoms. The van der Waals surface area contributed by atoms with Crippen molar-refractivity contribution in [3.63, 3.8) is 0 Å². The summed E-state index contributed by atoms with van der Waals surface area (Å²) in [5, 5.41) is 10.1. The number of nitrogens with zero attached hydrogens (tertiary/aromatic N) is 1. The zero-order valence-corrected chi connectivity index (χ0v) is 12.0. The summed E-state index contributed by atoms with van der Waals surface area (Å²) in [6.07, 6.45) is 0. The summed E-state index contributed by atoms with van der Waals surface area (Å²) < 4.78 is 14.7. The van der Waals surface area contributed by atoms with Crippen molar-refractivity contribution < 1.29 is 9.50 Å². The number of nitrogen functional groups attached to an aromatic ring is 1. The lowest BCUT2D eigenvalue weighted by Crippen LogP contribution is -1.87. The average molecular weight is 309 g/mol. The molecule has 3 N–H and O–H groups in total. The predicted octanol–water partition coefficient (Wildman–Crippen LogP) is 4.35. The first-order chi connectivity index (χ1) is 9.45. The molecule has 0 radical (unpaired) electrons. The van der Waals surface area contributed by atoms with Crippen LogP contribution in [-0.4, -0.2) is 10.1 Å². The summed E-state index contributed by atoms with van der Waals surface area (Å²) in [4.78, 5) is 3.96. The fourth-order valence-corrected chi connectivity index (χ4v) is 3.09. The second-order valence-electron chi connectivity index (χ2n) is 4.48. The number of thiazole rings is 1. The molecule has 3 rings (SSSR count). The summed E-state index contributed by atoms with van der Waals surface area (Å²) in [5.74, 6) is -0.412. The monoisotopic (exact) mass is 308 g/mol. The van der Waals surface area contributed by atoms with Gasteiger partial charge in [-0.25, -0.2) is 9.37 Å². The summed E-state index contributed by atoms with van der Waals surface area (Å²) in [6, 6.07) is 6.40. The highest BCUT2D eigenvalue weighted by Crippen LogP contribution is 2.36. The van der Waals surface area contributed by atoms with Crippen LogP contribution >= 0.6 is 22.9 Å². The topological polar surface area (TPSA) is 59.1 Å². The molecule has 0 aliphatic rings. The van der Waals surface area contributed by atoms with E-state index < -0.39 is 5.82 Å². The van der Waals surface area contributed by atoms with E-state index in [0.717, 1.165) is 11.1 Å². The quantitative estimate of drug-likeness (QED) is 0.702. The molecule has 102 valence electrons. The fraction of sp³-hybridized carbons (Fsp3) is 0.0714. The van der Waals surface area contributed by atoms with Crippen molar-refractivity contribution >= 4 is 38.3 Å². The molecular formula is C14H10ClFN2OS. The minimum atomic E-state index is -0.422. The van der Waals surface area contributed by atoms with Gasteiger partial charge in [-0.05, 0) is 47.9 Å². The third-order valence-corrected chi connectivity index (χ3v) is 4.20. The van der Waals surface area contributed by atoms with Gasteiger partial charge in [0.15, 0.2) is 10.9 Å². The Kier molecular flexibility index (Phi) is 3.03. The predicted molar refractivity (Wildman–Crippen MR) is 80.8 cm³/mol. The van der Waals surface area contributed by atoms with E-state index in [1.54, 1.807) is 12.1 Å². The first kappa shape index (κ1) is 13.1. The minimum absolute atomic E-state index is 0.0106. The lowest BCUT2D eigenvalue weighted by Gasteiger charge is -2.08. The molecule has 0 amide bonds. The largest absolute Gasteiger partial charge is 0.506 e. The first-order valence-electron chi connectivity index (χ1n) is 5.81. The summed E-state index contributed by atoms with van der Waals surface area (Å²) in [5.41, 5.74) is 8.14. The minimum Gasteiger partial charge on any atom is -0.506 e. The number of aromatic nitrogens is 1. The number of anilines is 1. The fourth-order valence-electron chi connectivity index (χ4n) is 2.14. The first-order valence-corrected chi connectivity index (χ1v) is 7.00. The molecule has 0 saturated carbocycles. The number of hydrogen-bond donors (Lipinski definition) is 2. The van der Waals surface area contributed by atoms with Gasteiger partial charge in [0.25, 0.3) is 0 Å². The van der Waals surface area contributed by atoms with Crippen LogP contribution in [-0.2, 0) is 0 Å². The van der Waals surface area contributed by atoms with Crippen LogP contribution < -0.4 is 5.73 Å². The zero-order valence-electron chi connectivity index (χ0n) is 10.4. The third-order valence-electron chi connectivity index (χ3n) is 3.07. The van der Waals surface area contributed by atoms with Crippen molar-refractivity contribution in [3.05, 3.63) is 40.7 Å². The van der Waals surface area contributed by atoms with Crippen molar-refractivity contribution in [1.82, 2.24) is 4.98 Å². The van der Waals surface area contributed by atoms with Crippen molar-refractivity contribution in [2.75, 3.05) is 5.73 Å². The summed E-state index contributed by atoms with van der Waals surface area (Å²) >= 11 is 7.16. The number of hydrogen-bond acceptors (Lipinski definition) is 4. The van der Waals surface area contributed by atoms with Crippen LogP contribution in [0.2, 0.25) is 5.02 Å².